The molecule has 2 heterocycles. The fourth-order valence-corrected chi connectivity index (χ4v) is 5.44. The molecule has 1 unspecified atom stereocenters. The number of rotatable bonds is 4. The highest BCUT2D eigenvalue weighted by molar-refractivity contribution is 7.89. The quantitative estimate of drug-likeness (QED) is 0.810. The van der Waals surface area contributed by atoms with Crippen LogP contribution in [0.5, 0.6) is 0 Å². The zero-order valence-corrected chi connectivity index (χ0v) is 16.3. The number of nitrogens with zero attached hydrogens (tertiary/aromatic N) is 3. The van der Waals surface area contributed by atoms with Gasteiger partial charge in [-0.2, -0.15) is 9.57 Å². The van der Waals surface area contributed by atoms with Crippen molar-refractivity contribution in [2.45, 2.75) is 50.8 Å². The van der Waals surface area contributed by atoms with Crippen LogP contribution in [0, 0.1) is 16.7 Å². The van der Waals surface area contributed by atoms with Crippen molar-refractivity contribution in [1.82, 2.24) is 4.31 Å². The summed E-state index contributed by atoms with van der Waals surface area (Å²) < 4.78 is 27.3. The Balaban J connectivity index is 2.07. The summed E-state index contributed by atoms with van der Waals surface area (Å²) in [4.78, 5) is 14.9. The topological polar surface area (TPSA) is 81.5 Å². The predicted octanol–water partition coefficient (Wildman–Crippen LogP) is 2.86. The van der Waals surface area contributed by atoms with Crippen LogP contribution < -0.4 is 4.90 Å². The van der Waals surface area contributed by atoms with Gasteiger partial charge in [-0.25, -0.2) is 8.42 Å². The van der Waals surface area contributed by atoms with Crippen LogP contribution >= 0.6 is 0 Å². The first-order chi connectivity index (χ1) is 12.2. The van der Waals surface area contributed by atoms with Gasteiger partial charge in [0.2, 0.25) is 15.9 Å². The molecule has 3 rings (SSSR count). The van der Waals surface area contributed by atoms with E-state index in [9.17, 15) is 13.2 Å². The molecular weight excluding hydrogens is 350 g/mol. The van der Waals surface area contributed by atoms with Gasteiger partial charge in [0.1, 0.15) is 0 Å². The lowest BCUT2D eigenvalue weighted by molar-refractivity contribution is -0.121. The third kappa shape index (κ3) is 3.12. The Hall–Kier alpha value is -1.91. The number of hydrogen-bond donors (Lipinski definition) is 0. The van der Waals surface area contributed by atoms with Crippen LogP contribution in [-0.4, -0.2) is 38.3 Å². The second-order valence-corrected chi connectivity index (χ2v) is 9.97. The number of fused-ring (bicyclic) bond motifs is 1. The van der Waals surface area contributed by atoms with Gasteiger partial charge in [-0.1, -0.05) is 20.8 Å². The summed E-state index contributed by atoms with van der Waals surface area (Å²) in [5.74, 6) is -0.469. The van der Waals surface area contributed by atoms with E-state index in [0.29, 0.717) is 19.6 Å². The van der Waals surface area contributed by atoms with Gasteiger partial charge in [0.25, 0.3) is 0 Å². The average molecular weight is 375 g/mol. The van der Waals surface area contributed by atoms with E-state index >= 15 is 0 Å². The highest BCUT2D eigenvalue weighted by Crippen LogP contribution is 2.47. The Morgan fingerprint density at radius 2 is 1.88 bits per heavy atom. The maximum atomic E-state index is 13.0. The van der Waals surface area contributed by atoms with E-state index in [-0.39, 0.29) is 22.6 Å². The van der Waals surface area contributed by atoms with E-state index in [1.54, 1.807) is 23.1 Å². The lowest BCUT2D eigenvalue weighted by Crippen LogP contribution is -2.34. The first-order valence-electron chi connectivity index (χ1n) is 9.00. The summed E-state index contributed by atoms with van der Waals surface area (Å²) in [7, 11) is -3.53. The zero-order chi connectivity index (χ0) is 19.1. The molecule has 2 aliphatic heterocycles. The van der Waals surface area contributed by atoms with Gasteiger partial charge in [0, 0.05) is 25.3 Å². The highest BCUT2D eigenvalue weighted by Gasteiger charge is 2.44. The van der Waals surface area contributed by atoms with Crippen molar-refractivity contribution in [3.8, 4) is 6.07 Å². The van der Waals surface area contributed by atoms with Crippen LogP contribution in [0.3, 0.4) is 0 Å². The van der Waals surface area contributed by atoms with Gasteiger partial charge in [-0.05, 0) is 42.0 Å². The second kappa shape index (κ2) is 6.67. The summed E-state index contributed by atoms with van der Waals surface area (Å²) >= 11 is 0. The number of nitriles is 1. The summed E-state index contributed by atoms with van der Waals surface area (Å²) in [6.07, 6.45) is 2.01. The second-order valence-electron chi connectivity index (χ2n) is 8.03. The molecule has 1 aromatic carbocycles. The van der Waals surface area contributed by atoms with Crippen LogP contribution in [0.15, 0.2) is 23.1 Å². The molecule has 6 nitrogen and oxygen atoms in total. The summed E-state index contributed by atoms with van der Waals surface area (Å²) in [5.41, 5.74) is 1.13. The Kier molecular flexibility index (Phi) is 4.84. The molecule has 0 aromatic heterocycles. The number of anilines is 1. The van der Waals surface area contributed by atoms with E-state index < -0.39 is 15.9 Å². The van der Waals surface area contributed by atoms with Gasteiger partial charge < -0.3 is 4.90 Å². The number of carbonyl (C=O) groups is 1. The largest absolute Gasteiger partial charge is 0.311 e. The van der Waals surface area contributed by atoms with Crippen LogP contribution in [0.2, 0.25) is 0 Å². The molecule has 0 bridgehead atoms. The molecule has 140 valence electrons. The third-order valence-corrected chi connectivity index (χ3v) is 7.02. The van der Waals surface area contributed by atoms with Crippen molar-refractivity contribution < 1.29 is 13.2 Å². The van der Waals surface area contributed by atoms with Crippen LogP contribution in [-0.2, 0) is 14.8 Å². The summed E-state index contributed by atoms with van der Waals surface area (Å²) in [6.45, 7) is 7.37. The molecule has 1 saturated heterocycles. The maximum Gasteiger partial charge on any atom is 0.243 e. The number of benzene rings is 1. The van der Waals surface area contributed by atoms with Crippen molar-refractivity contribution in [2.75, 3.05) is 24.5 Å². The van der Waals surface area contributed by atoms with Crippen LogP contribution in [0.25, 0.3) is 0 Å². The SMILES string of the molecule is CC(C)(C)C1C(=O)N(CCC#N)c2ccc(S(=O)(=O)N3CCCC3)cc21. The molecule has 0 saturated carbocycles. The predicted molar refractivity (Wildman–Crippen MR) is 99.2 cm³/mol. The number of carbonyl (C=O) groups excluding carboxylic acids is 1. The van der Waals surface area contributed by atoms with Crippen LogP contribution in [0.4, 0.5) is 5.69 Å². The van der Waals surface area contributed by atoms with Gasteiger partial charge in [0.15, 0.2) is 0 Å². The van der Waals surface area contributed by atoms with Gasteiger partial charge in [0.05, 0.1) is 23.3 Å². The molecular formula is C19H25N3O3S. The first-order valence-corrected chi connectivity index (χ1v) is 10.4. The fourth-order valence-electron chi connectivity index (χ4n) is 3.88. The molecule has 1 fully saturated rings. The molecule has 1 amide bonds. The number of amides is 1. The Morgan fingerprint density at radius 3 is 2.46 bits per heavy atom. The standard InChI is InChI=1S/C19H25N3O3S/c1-19(2,3)17-15-13-14(26(24,25)21-10-4-5-11-21)7-8-16(15)22(18(17)23)12-6-9-20/h7-8,13,17H,4-6,10-12H2,1-3H3. The molecule has 26 heavy (non-hydrogen) atoms. The van der Waals surface area contributed by atoms with E-state index in [0.717, 1.165) is 24.1 Å². The highest BCUT2D eigenvalue weighted by atomic mass is 32.2. The maximum absolute atomic E-state index is 13.0. The third-order valence-electron chi connectivity index (χ3n) is 5.13. The Labute approximate surface area is 155 Å². The van der Waals surface area contributed by atoms with Crippen molar-refractivity contribution in [3.05, 3.63) is 23.8 Å². The van der Waals surface area contributed by atoms with E-state index in [1.165, 1.54) is 4.31 Å². The number of hydrogen-bond acceptors (Lipinski definition) is 4. The van der Waals surface area contributed by atoms with E-state index in [4.69, 9.17) is 5.26 Å². The summed E-state index contributed by atoms with van der Waals surface area (Å²) in [5, 5.41) is 8.89. The molecule has 2 aliphatic rings. The zero-order valence-electron chi connectivity index (χ0n) is 15.5. The van der Waals surface area contributed by atoms with Crippen molar-refractivity contribution in [3.63, 3.8) is 0 Å². The van der Waals surface area contributed by atoms with Crippen molar-refractivity contribution in [1.29, 1.82) is 5.26 Å². The van der Waals surface area contributed by atoms with Crippen molar-refractivity contribution in [2.24, 2.45) is 5.41 Å². The van der Waals surface area contributed by atoms with Gasteiger partial charge in [-0.15, -0.1) is 0 Å². The van der Waals surface area contributed by atoms with E-state index in [2.05, 4.69) is 6.07 Å². The monoisotopic (exact) mass is 375 g/mol. The molecule has 0 spiro atoms. The van der Waals surface area contributed by atoms with E-state index in [1.807, 2.05) is 20.8 Å². The fraction of sp³-hybridized carbons (Fsp3) is 0.579. The Bertz CT molecular complexity index is 859. The number of sulfonamides is 1. The Morgan fingerprint density at radius 1 is 1.23 bits per heavy atom. The molecule has 0 N–H and O–H groups in total. The van der Waals surface area contributed by atoms with Crippen molar-refractivity contribution >= 4 is 21.6 Å². The minimum absolute atomic E-state index is 0.0570. The molecule has 1 aromatic rings. The summed E-state index contributed by atoms with van der Waals surface area (Å²) in [6, 6.07) is 7.05. The van der Waals surface area contributed by atoms with Gasteiger partial charge in [-0.3, -0.25) is 4.79 Å². The lowest BCUT2D eigenvalue weighted by Gasteiger charge is -2.26. The molecule has 1 atom stereocenters. The minimum Gasteiger partial charge on any atom is -0.311 e. The molecule has 0 radical (unpaired) electrons. The van der Waals surface area contributed by atoms with Crippen LogP contribution in [0.1, 0.15) is 51.5 Å². The first kappa shape index (κ1) is 18.9. The average Bonchev–Trinajstić information content (AvgIpc) is 3.18. The normalized spacial score (nSPS) is 21.1. The van der Waals surface area contributed by atoms with Gasteiger partial charge >= 0.3 is 0 Å². The molecule has 0 aliphatic carbocycles. The lowest BCUT2D eigenvalue weighted by atomic mass is 9.77. The minimum atomic E-state index is -3.53. The smallest absolute Gasteiger partial charge is 0.243 e. The molecule has 7 heteroatoms.